The number of methoxy groups -OCH3 is 1. The Kier molecular flexibility index (Phi) is 6.01. The Morgan fingerprint density at radius 1 is 1.22 bits per heavy atom. The lowest BCUT2D eigenvalue weighted by atomic mass is 9.94. The van der Waals surface area contributed by atoms with E-state index in [0.29, 0.717) is 17.8 Å². The molecule has 0 radical (unpaired) electrons. The first-order valence-corrected chi connectivity index (χ1v) is 9.35. The number of nitrogens with zero attached hydrogens (tertiary/aromatic N) is 2. The van der Waals surface area contributed by atoms with E-state index in [1.165, 1.54) is 4.90 Å². The Hall–Kier alpha value is -2.54. The third-order valence-corrected chi connectivity index (χ3v) is 5.09. The van der Waals surface area contributed by atoms with Crippen molar-refractivity contribution in [2.75, 3.05) is 40.4 Å². The molecule has 0 saturated carbocycles. The van der Waals surface area contributed by atoms with Gasteiger partial charge in [0.25, 0.3) is 0 Å². The number of carbonyl (C=O) groups excluding carboxylic acids is 2. The second kappa shape index (κ2) is 8.43. The number of amides is 2. The molecular weight excluding hydrogens is 346 g/mol. The number of rotatable bonds is 6. The van der Waals surface area contributed by atoms with Crippen LogP contribution in [0.5, 0.6) is 5.75 Å². The molecule has 146 valence electrons. The normalized spacial score (nSPS) is 20.6. The number of benzene rings is 1. The van der Waals surface area contributed by atoms with Crippen LogP contribution in [0.2, 0.25) is 0 Å². The first-order valence-electron chi connectivity index (χ1n) is 9.35. The molecule has 1 N–H and O–H groups in total. The van der Waals surface area contributed by atoms with Crippen LogP contribution in [0.15, 0.2) is 35.5 Å². The van der Waals surface area contributed by atoms with Gasteiger partial charge in [0.1, 0.15) is 5.75 Å². The summed E-state index contributed by atoms with van der Waals surface area (Å²) in [6, 6.07) is 6.60. The molecule has 1 aromatic carbocycles. The molecule has 0 bridgehead atoms. The van der Waals surface area contributed by atoms with E-state index >= 15 is 0 Å². The summed E-state index contributed by atoms with van der Waals surface area (Å²) in [6.07, 6.45) is 2.28. The maximum Gasteiger partial charge on any atom is 0.338 e. The van der Waals surface area contributed by atoms with Gasteiger partial charge in [-0.25, -0.2) is 9.59 Å². The van der Waals surface area contributed by atoms with E-state index in [1.807, 2.05) is 24.3 Å². The molecule has 1 saturated heterocycles. The van der Waals surface area contributed by atoms with Crippen LogP contribution in [0.1, 0.15) is 31.4 Å². The summed E-state index contributed by atoms with van der Waals surface area (Å²) >= 11 is 0. The molecule has 2 aliphatic heterocycles. The first-order chi connectivity index (χ1) is 13.0. The number of esters is 1. The van der Waals surface area contributed by atoms with Gasteiger partial charge >= 0.3 is 12.0 Å². The average molecular weight is 373 g/mol. The topological polar surface area (TPSA) is 71.1 Å². The maximum atomic E-state index is 12.8. The Balaban J connectivity index is 2.03. The summed E-state index contributed by atoms with van der Waals surface area (Å²) in [6.45, 7) is 4.58. The lowest BCUT2D eigenvalue weighted by Crippen LogP contribution is -2.49. The molecule has 2 amide bonds. The summed E-state index contributed by atoms with van der Waals surface area (Å²) in [7, 11) is 3.30. The molecule has 1 unspecified atom stereocenters. The van der Waals surface area contributed by atoms with Crippen molar-refractivity contribution in [1.29, 1.82) is 0 Å². The van der Waals surface area contributed by atoms with Gasteiger partial charge in [-0.05, 0) is 50.6 Å². The number of urea groups is 1. The van der Waals surface area contributed by atoms with Crippen molar-refractivity contribution in [3.63, 3.8) is 0 Å². The van der Waals surface area contributed by atoms with Gasteiger partial charge in [-0.2, -0.15) is 0 Å². The van der Waals surface area contributed by atoms with Crippen molar-refractivity contribution < 1.29 is 19.1 Å². The zero-order chi connectivity index (χ0) is 19.4. The van der Waals surface area contributed by atoms with Gasteiger partial charge in [-0.3, -0.25) is 9.80 Å². The molecule has 7 nitrogen and oxygen atoms in total. The summed E-state index contributed by atoms with van der Waals surface area (Å²) in [4.78, 5) is 29.2. The van der Waals surface area contributed by atoms with Crippen LogP contribution < -0.4 is 10.1 Å². The molecule has 3 rings (SSSR count). The number of ether oxygens (including phenoxy) is 2. The smallest absolute Gasteiger partial charge is 0.338 e. The van der Waals surface area contributed by atoms with Gasteiger partial charge in [-0.1, -0.05) is 12.1 Å². The fraction of sp³-hybridized carbons (Fsp3) is 0.500. The van der Waals surface area contributed by atoms with Crippen molar-refractivity contribution >= 4 is 12.0 Å². The highest BCUT2D eigenvalue weighted by Crippen LogP contribution is 2.32. The Labute approximate surface area is 159 Å². The van der Waals surface area contributed by atoms with Gasteiger partial charge in [0.15, 0.2) is 0 Å². The molecule has 0 aliphatic carbocycles. The van der Waals surface area contributed by atoms with Gasteiger partial charge in [0, 0.05) is 19.3 Å². The number of hydrogen-bond acceptors (Lipinski definition) is 5. The molecule has 1 aromatic rings. The van der Waals surface area contributed by atoms with Crippen LogP contribution in [0, 0.1) is 0 Å². The fourth-order valence-electron chi connectivity index (χ4n) is 3.60. The lowest BCUT2D eigenvalue weighted by molar-refractivity contribution is -0.139. The molecule has 27 heavy (non-hydrogen) atoms. The second-order valence-electron chi connectivity index (χ2n) is 6.78. The van der Waals surface area contributed by atoms with Crippen LogP contribution in [-0.2, 0) is 9.53 Å². The quantitative estimate of drug-likeness (QED) is 0.775. The molecule has 2 heterocycles. The van der Waals surface area contributed by atoms with Crippen molar-refractivity contribution in [3.8, 4) is 5.75 Å². The fourth-order valence-corrected chi connectivity index (χ4v) is 3.60. The highest BCUT2D eigenvalue weighted by molar-refractivity contribution is 5.95. The van der Waals surface area contributed by atoms with Crippen molar-refractivity contribution in [3.05, 3.63) is 41.1 Å². The molecule has 0 aromatic heterocycles. The average Bonchev–Trinajstić information content (AvgIpc) is 3.18. The van der Waals surface area contributed by atoms with Gasteiger partial charge in [-0.15, -0.1) is 0 Å². The second-order valence-corrected chi connectivity index (χ2v) is 6.78. The molecule has 0 spiro atoms. The highest BCUT2D eigenvalue weighted by Gasteiger charge is 2.37. The van der Waals surface area contributed by atoms with Gasteiger partial charge < -0.3 is 14.8 Å². The summed E-state index contributed by atoms with van der Waals surface area (Å²) in [5.74, 6) is 0.330. The standard InChI is InChI=1S/C20H27N3O4/c1-4-27-19(24)17-16(13-23-11-5-6-12-23)22(2)20(25)21-18(17)14-7-9-15(26-3)10-8-14/h7-10,18H,4-6,11-13H2,1-3H3,(H,21,25). The van der Waals surface area contributed by atoms with E-state index in [0.717, 1.165) is 37.2 Å². The predicted octanol–water partition coefficient (Wildman–Crippen LogP) is 2.30. The van der Waals surface area contributed by atoms with Crippen molar-refractivity contribution in [2.24, 2.45) is 0 Å². The zero-order valence-corrected chi connectivity index (χ0v) is 16.2. The van der Waals surface area contributed by atoms with Crippen LogP contribution >= 0.6 is 0 Å². The monoisotopic (exact) mass is 373 g/mol. The molecule has 2 aliphatic rings. The van der Waals surface area contributed by atoms with E-state index in [1.54, 1.807) is 21.1 Å². The molecular formula is C20H27N3O4. The minimum Gasteiger partial charge on any atom is -0.497 e. The van der Waals surface area contributed by atoms with Gasteiger partial charge in [0.05, 0.1) is 25.3 Å². The Morgan fingerprint density at radius 2 is 1.89 bits per heavy atom. The van der Waals surface area contributed by atoms with E-state index in [2.05, 4.69) is 10.2 Å². The number of hydrogen-bond donors (Lipinski definition) is 1. The zero-order valence-electron chi connectivity index (χ0n) is 16.2. The van der Waals surface area contributed by atoms with Crippen LogP contribution in [0.4, 0.5) is 4.79 Å². The van der Waals surface area contributed by atoms with E-state index in [4.69, 9.17) is 9.47 Å². The molecule has 1 fully saturated rings. The van der Waals surface area contributed by atoms with E-state index in [-0.39, 0.29) is 18.6 Å². The third-order valence-electron chi connectivity index (χ3n) is 5.09. The summed E-state index contributed by atoms with van der Waals surface area (Å²) < 4.78 is 10.5. The molecule has 7 heteroatoms. The Morgan fingerprint density at radius 3 is 2.48 bits per heavy atom. The van der Waals surface area contributed by atoms with Crippen LogP contribution in [-0.4, -0.2) is 62.2 Å². The summed E-state index contributed by atoms with van der Waals surface area (Å²) in [5.41, 5.74) is 2.02. The third kappa shape index (κ3) is 4.08. The van der Waals surface area contributed by atoms with Crippen molar-refractivity contribution in [2.45, 2.75) is 25.8 Å². The lowest BCUT2D eigenvalue weighted by Gasteiger charge is -2.36. The highest BCUT2D eigenvalue weighted by atomic mass is 16.5. The summed E-state index contributed by atoms with van der Waals surface area (Å²) in [5, 5.41) is 2.93. The molecule has 1 atom stereocenters. The maximum absolute atomic E-state index is 12.8. The number of carbonyl (C=O) groups is 2. The van der Waals surface area contributed by atoms with Gasteiger partial charge in [0.2, 0.25) is 0 Å². The van der Waals surface area contributed by atoms with Crippen LogP contribution in [0.25, 0.3) is 0 Å². The minimum atomic E-state index is -0.545. The van der Waals surface area contributed by atoms with Crippen LogP contribution in [0.3, 0.4) is 0 Å². The predicted molar refractivity (Wildman–Crippen MR) is 101 cm³/mol. The van der Waals surface area contributed by atoms with Crippen molar-refractivity contribution in [1.82, 2.24) is 15.1 Å². The largest absolute Gasteiger partial charge is 0.497 e. The van der Waals surface area contributed by atoms with E-state index in [9.17, 15) is 9.59 Å². The minimum absolute atomic E-state index is 0.224. The SMILES string of the molecule is CCOC(=O)C1=C(CN2CCCC2)N(C)C(=O)NC1c1ccc(OC)cc1. The number of likely N-dealkylation sites (N-methyl/N-ethyl adjacent to an activating group) is 1. The first kappa shape index (κ1) is 19.2. The number of nitrogens with one attached hydrogen (secondary N) is 1. The number of likely N-dealkylation sites (tertiary alicyclic amines) is 1. The Bertz CT molecular complexity index is 723. The van der Waals surface area contributed by atoms with E-state index < -0.39 is 6.04 Å².